The van der Waals surface area contributed by atoms with Gasteiger partial charge in [-0.15, -0.1) is 11.3 Å². The number of aromatic amines is 1. The lowest BCUT2D eigenvalue weighted by molar-refractivity contribution is 1.10. The minimum Gasteiger partial charge on any atom is -0.336 e. The molecule has 2 heterocycles. The Hall–Kier alpha value is -1.39. The second-order valence-electron chi connectivity index (χ2n) is 3.99. The summed E-state index contributed by atoms with van der Waals surface area (Å²) in [5, 5.41) is 2.07. The largest absolute Gasteiger partial charge is 0.336 e. The Balaban J connectivity index is 1.98. The molecule has 3 rings (SSSR count). The van der Waals surface area contributed by atoms with Gasteiger partial charge in [0.1, 0.15) is 5.69 Å². The van der Waals surface area contributed by atoms with Crippen LogP contribution >= 0.6 is 27.3 Å². The summed E-state index contributed by atoms with van der Waals surface area (Å²) in [6.07, 6.45) is 0.868. The highest BCUT2D eigenvalue weighted by atomic mass is 79.9. The van der Waals surface area contributed by atoms with Crippen LogP contribution < -0.4 is 0 Å². The van der Waals surface area contributed by atoms with E-state index >= 15 is 0 Å². The maximum Gasteiger partial charge on any atom is 0.175 e. The number of hydrogen-bond acceptors (Lipinski definition) is 2. The predicted molar refractivity (Wildman–Crippen MR) is 78.8 cm³/mol. The van der Waals surface area contributed by atoms with Crippen LogP contribution in [0.2, 0.25) is 0 Å². The van der Waals surface area contributed by atoms with Crippen LogP contribution in [0.25, 0.3) is 10.6 Å². The average molecular weight is 319 g/mol. The summed E-state index contributed by atoms with van der Waals surface area (Å²) in [6, 6.07) is 14.6. The summed E-state index contributed by atoms with van der Waals surface area (Å²) >= 11 is 5.13. The third-order valence-corrected chi connectivity index (χ3v) is 3.98. The molecule has 0 saturated carbocycles. The molecule has 0 bridgehead atoms. The van der Waals surface area contributed by atoms with E-state index in [1.54, 1.807) is 11.3 Å². The number of halogens is 1. The predicted octanol–water partition coefficient (Wildman–Crippen LogP) is 4.49. The topological polar surface area (TPSA) is 28.7 Å². The van der Waals surface area contributed by atoms with Gasteiger partial charge in [0.15, 0.2) is 4.73 Å². The van der Waals surface area contributed by atoms with E-state index in [0.717, 1.165) is 22.5 Å². The number of nitrogens with zero attached hydrogens (tertiary/aromatic N) is 1. The summed E-state index contributed by atoms with van der Waals surface area (Å²) in [6.45, 7) is 0. The van der Waals surface area contributed by atoms with Gasteiger partial charge in [0, 0.05) is 12.1 Å². The second-order valence-corrected chi connectivity index (χ2v) is 5.69. The van der Waals surface area contributed by atoms with Gasteiger partial charge >= 0.3 is 0 Å². The Labute approximate surface area is 118 Å². The smallest absolute Gasteiger partial charge is 0.175 e. The first kappa shape index (κ1) is 11.7. The molecule has 0 saturated heterocycles. The highest BCUT2D eigenvalue weighted by Crippen LogP contribution is 2.28. The van der Waals surface area contributed by atoms with Gasteiger partial charge < -0.3 is 4.98 Å². The Morgan fingerprint density at radius 2 is 1.94 bits per heavy atom. The van der Waals surface area contributed by atoms with E-state index in [1.807, 2.05) is 6.07 Å². The number of imidazole rings is 1. The van der Waals surface area contributed by atoms with Crippen molar-refractivity contribution in [1.82, 2.24) is 9.97 Å². The van der Waals surface area contributed by atoms with Crippen molar-refractivity contribution < 1.29 is 0 Å². The van der Waals surface area contributed by atoms with Crippen molar-refractivity contribution in [3.63, 3.8) is 0 Å². The van der Waals surface area contributed by atoms with Crippen LogP contribution in [-0.4, -0.2) is 9.97 Å². The number of thiophene rings is 1. The van der Waals surface area contributed by atoms with E-state index in [1.165, 1.54) is 10.4 Å². The van der Waals surface area contributed by atoms with Gasteiger partial charge in [0.05, 0.1) is 4.88 Å². The molecule has 0 unspecified atom stereocenters. The van der Waals surface area contributed by atoms with E-state index < -0.39 is 0 Å². The highest BCUT2D eigenvalue weighted by molar-refractivity contribution is 9.10. The van der Waals surface area contributed by atoms with E-state index in [0.29, 0.717) is 0 Å². The maximum atomic E-state index is 4.52. The van der Waals surface area contributed by atoms with Gasteiger partial charge in [0.2, 0.25) is 0 Å². The Bertz CT molecular complexity index is 629. The summed E-state index contributed by atoms with van der Waals surface area (Å²) in [7, 11) is 0. The molecule has 2 nitrogen and oxygen atoms in total. The van der Waals surface area contributed by atoms with Crippen molar-refractivity contribution in [2.24, 2.45) is 0 Å². The van der Waals surface area contributed by atoms with E-state index in [4.69, 9.17) is 0 Å². The lowest BCUT2D eigenvalue weighted by atomic mass is 10.1. The van der Waals surface area contributed by atoms with E-state index in [2.05, 4.69) is 67.7 Å². The molecule has 4 heteroatoms. The third-order valence-electron chi connectivity index (χ3n) is 2.73. The molecular formula is C14H11BrN2S. The molecule has 3 aromatic rings. The number of rotatable bonds is 3. The van der Waals surface area contributed by atoms with Gasteiger partial charge in [-0.25, -0.2) is 4.98 Å². The zero-order chi connectivity index (χ0) is 12.4. The SMILES string of the molecule is Brc1nc(-c2cccs2)c(Cc2ccccc2)[nH]1. The fourth-order valence-corrected chi connectivity index (χ4v) is 3.08. The zero-order valence-corrected chi connectivity index (χ0v) is 12.0. The molecule has 2 aromatic heterocycles. The molecule has 0 aliphatic heterocycles. The molecule has 0 amide bonds. The van der Waals surface area contributed by atoms with Gasteiger partial charge in [0.25, 0.3) is 0 Å². The van der Waals surface area contributed by atoms with Crippen LogP contribution in [0.15, 0.2) is 52.6 Å². The van der Waals surface area contributed by atoms with E-state index in [-0.39, 0.29) is 0 Å². The average Bonchev–Trinajstić information content (AvgIpc) is 3.00. The molecule has 0 spiro atoms. The summed E-state index contributed by atoms with van der Waals surface area (Å²) in [4.78, 5) is 9.01. The fraction of sp³-hybridized carbons (Fsp3) is 0.0714. The maximum absolute atomic E-state index is 4.52. The molecule has 18 heavy (non-hydrogen) atoms. The lowest BCUT2D eigenvalue weighted by Gasteiger charge is -2.01. The Kier molecular flexibility index (Phi) is 3.30. The van der Waals surface area contributed by atoms with Crippen LogP contribution in [0.1, 0.15) is 11.3 Å². The molecule has 0 atom stereocenters. The molecule has 0 radical (unpaired) electrons. The standard InChI is InChI=1S/C14H11BrN2S/c15-14-16-11(9-10-5-2-1-3-6-10)13(17-14)12-7-4-8-18-12/h1-8H,9H2,(H,16,17). The van der Waals surface area contributed by atoms with Crippen molar-refractivity contribution in [2.75, 3.05) is 0 Å². The minimum absolute atomic E-state index is 0.789. The van der Waals surface area contributed by atoms with E-state index in [9.17, 15) is 0 Å². The van der Waals surface area contributed by atoms with Gasteiger partial charge in [-0.1, -0.05) is 36.4 Å². The first-order chi connectivity index (χ1) is 8.83. The van der Waals surface area contributed by atoms with Crippen LogP contribution in [0.5, 0.6) is 0 Å². The molecule has 0 fully saturated rings. The molecule has 1 N–H and O–H groups in total. The van der Waals surface area contributed by atoms with Gasteiger partial charge in [-0.3, -0.25) is 0 Å². The summed E-state index contributed by atoms with van der Waals surface area (Å²) in [5.41, 5.74) is 3.47. The lowest BCUT2D eigenvalue weighted by Crippen LogP contribution is -1.90. The second kappa shape index (κ2) is 5.08. The summed E-state index contributed by atoms with van der Waals surface area (Å²) < 4.78 is 0.789. The minimum atomic E-state index is 0.789. The van der Waals surface area contributed by atoms with Gasteiger partial charge in [-0.2, -0.15) is 0 Å². The van der Waals surface area contributed by atoms with Crippen LogP contribution in [0.4, 0.5) is 0 Å². The van der Waals surface area contributed by atoms with Crippen LogP contribution in [0.3, 0.4) is 0 Å². The van der Waals surface area contributed by atoms with Crippen molar-refractivity contribution in [3.8, 4) is 10.6 Å². The summed E-state index contributed by atoms with van der Waals surface area (Å²) in [5.74, 6) is 0. The molecule has 1 aromatic carbocycles. The molecule has 0 aliphatic rings. The number of nitrogens with one attached hydrogen (secondary N) is 1. The number of aromatic nitrogens is 2. The van der Waals surface area contributed by atoms with Crippen LogP contribution in [-0.2, 0) is 6.42 Å². The van der Waals surface area contributed by atoms with Crippen molar-refractivity contribution in [3.05, 3.63) is 63.8 Å². The highest BCUT2D eigenvalue weighted by Gasteiger charge is 2.12. The van der Waals surface area contributed by atoms with Crippen molar-refractivity contribution in [2.45, 2.75) is 6.42 Å². The quantitative estimate of drug-likeness (QED) is 0.757. The number of H-pyrrole nitrogens is 1. The Morgan fingerprint density at radius 3 is 2.67 bits per heavy atom. The first-order valence-electron chi connectivity index (χ1n) is 5.65. The zero-order valence-electron chi connectivity index (χ0n) is 9.56. The first-order valence-corrected chi connectivity index (χ1v) is 7.32. The van der Waals surface area contributed by atoms with Crippen LogP contribution in [0, 0.1) is 0 Å². The number of benzene rings is 1. The fourth-order valence-electron chi connectivity index (χ4n) is 1.92. The van der Waals surface area contributed by atoms with Crippen molar-refractivity contribution in [1.29, 1.82) is 0 Å². The van der Waals surface area contributed by atoms with Crippen molar-refractivity contribution >= 4 is 27.3 Å². The third kappa shape index (κ3) is 2.40. The molecular weight excluding hydrogens is 308 g/mol. The Morgan fingerprint density at radius 1 is 1.11 bits per heavy atom. The monoisotopic (exact) mass is 318 g/mol. The van der Waals surface area contributed by atoms with Gasteiger partial charge in [-0.05, 0) is 32.9 Å². The normalized spacial score (nSPS) is 10.7. The molecule has 0 aliphatic carbocycles. The number of hydrogen-bond donors (Lipinski definition) is 1. The molecule has 90 valence electrons.